The van der Waals surface area contributed by atoms with Gasteiger partial charge in [-0.25, -0.2) is 29.9 Å². The first kappa shape index (κ1) is 19.6. The van der Waals surface area contributed by atoms with E-state index in [1.807, 2.05) is 18.2 Å². The van der Waals surface area contributed by atoms with Gasteiger partial charge in [-0.05, 0) is 43.0 Å². The summed E-state index contributed by atoms with van der Waals surface area (Å²) in [5.74, 6) is 7.51. The lowest BCUT2D eigenvalue weighted by Gasteiger charge is -2.05. The fourth-order valence-electron chi connectivity index (χ4n) is 2.68. The van der Waals surface area contributed by atoms with Crippen molar-refractivity contribution in [2.75, 3.05) is 11.9 Å². The average molecular weight is 407 g/mol. The van der Waals surface area contributed by atoms with Crippen molar-refractivity contribution in [1.29, 1.82) is 0 Å². The monoisotopic (exact) mass is 407 g/mol. The topological polar surface area (TPSA) is 117 Å². The minimum absolute atomic E-state index is 0.312. The number of aliphatic imine (C=N–C) groups is 2. The van der Waals surface area contributed by atoms with E-state index in [2.05, 4.69) is 70.6 Å². The molecule has 0 saturated carbocycles. The maximum atomic E-state index is 4.51. The standard InChI is InChI=1S/C22H17N9/c1-3-24-20(23-2)14-27-22-26-11-9-19(30-22)21-25-10-8-17(29-21)6-4-15-5-7-18-16(12-15)13-28-31-18/h3,5,7-13H,1-2,14H2,(H,28,31)(H,26,27,30). The minimum Gasteiger partial charge on any atom is -0.347 e. The lowest BCUT2D eigenvalue weighted by Crippen LogP contribution is -2.13. The van der Waals surface area contributed by atoms with Crippen LogP contribution in [0.4, 0.5) is 5.95 Å². The number of amidine groups is 1. The van der Waals surface area contributed by atoms with Gasteiger partial charge in [-0.1, -0.05) is 12.5 Å². The van der Waals surface area contributed by atoms with Crippen LogP contribution in [0.25, 0.3) is 22.4 Å². The lowest BCUT2D eigenvalue weighted by molar-refractivity contribution is 1.08. The van der Waals surface area contributed by atoms with Gasteiger partial charge in [0.15, 0.2) is 5.82 Å². The lowest BCUT2D eigenvalue weighted by atomic mass is 10.1. The Morgan fingerprint density at radius 3 is 2.90 bits per heavy atom. The fourth-order valence-corrected chi connectivity index (χ4v) is 2.68. The quantitative estimate of drug-likeness (QED) is 0.298. The predicted molar refractivity (Wildman–Crippen MR) is 121 cm³/mol. The van der Waals surface area contributed by atoms with Crippen molar-refractivity contribution in [3.63, 3.8) is 0 Å². The van der Waals surface area contributed by atoms with Crippen LogP contribution in [0, 0.1) is 11.8 Å². The molecule has 0 amide bonds. The predicted octanol–water partition coefficient (Wildman–Crippen LogP) is 2.86. The van der Waals surface area contributed by atoms with Crippen molar-refractivity contribution in [3.8, 4) is 23.4 Å². The van der Waals surface area contributed by atoms with Crippen LogP contribution in [0.15, 0.2) is 71.7 Å². The Balaban J connectivity index is 1.54. The Kier molecular flexibility index (Phi) is 5.81. The van der Waals surface area contributed by atoms with Crippen LogP contribution < -0.4 is 5.32 Å². The third kappa shape index (κ3) is 4.83. The van der Waals surface area contributed by atoms with Crippen LogP contribution in [0.1, 0.15) is 11.3 Å². The number of anilines is 1. The molecule has 4 rings (SSSR count). The average Bonchev–Trinajstić information content (AvgIpc) is 3.29. The molecule has 0 aliphatic rings. The minimum atomic E-state index is 0.312. The van der Waals surface area contributed by atoms with Crippen molar-refractivity contribution >= 4 is 29.4 Å². The highest BCUT2D eigenvalue weighted by Crippen LogP contribution is 2.14. The molecule has 0 aliphatic carbocycles. The summed E-state index contributed by atoms with van der Waals surface area (Å²) in [6, 6.07) is 9.33. The molecule has 0 unspecified atom stereocenters. The second-order valence-electron chi connectivity index (χ2n) is 6.19. The molecule has 1 aromatic carbocycles. The van der Waals surface area contributed by atoms with E-state index in [0.717, 1.165) is 16.5 Å². The van der Waals surface area contributed by atoms with Crippen LogP contribution in [-0.2, 0) is 0 Å². The molecule has 4 aromatic rings. The molecule has 0 fully saturated rings. The highest BCUT2D eigenvalue weighted by Gasteiger charge is 2.06. The number of aromatic amines is 1. The van der Waals surface area contributed by atoms with Gasteiger partial charge >= 0.3 is 0 Å². The molecule has 0 aliphatic heterocycles. The molecule has 0 spiro atoms. The number of H-pyrrole nitrogens is 1. The van der Waals surface area contributed by atoms with E-state index in [1.165, 1.54) is 6.20 Å². The third-order valence-electron chi connectivity index (χ3n) is 4.14. The van der Waals surface area contributed by atoms with Gasteiger partial charge in [-0.2, -0.15) is 5.10 Å². The van der Waals surface area contributed by atoms with Gasteiger partial charge in [0.1, 0.15) is 17.2 Å². The second-order valence-corrected chi connectivity index (χ2v) is 6.19. The summed E-state index contributed by atoms with van der Waals surface area (Å²) in [7, 11) is 0. The maximum Gasteiger partial charge on any atom is 0.223 e. The van der Waals surface area contributed by atoms with Gasteiger partial charge in [0.25, 0.3) is 0 Å². The molecule has 0 radical (unpaired) electrons. The highest BCUT2D eigenvalue weighted by molar-refractivity contribution is 5.90. The summed E-state index contributed by atoms with van der Waals surface area (Å²) >= 11 is 0. The molecule has 0 bridgehead atoms. The van der Waals surface area contributed by atoms with Gasteiger partial charge in [0.2, 0.25) is 5.95 Å². The Labute approximate surface area is 178 Å². The van der Waals surface area contributed by atoms with E-state index < -0.39 is 0 Å². The van der Waals surface area contributed by atoms with Crippen LogP contribution in [-0.4, -0.2) is 49.2 Å². The summed E-state index contributed by atoms with van der Waals surface area (Å²) in [5, 5.41) is 11.0. The first-order valence-electron chi connectivity index (χ1n) is 9.25. The molecule has 150 valence electrons. The molecule has 0 saturated heterocycles. The van der Waals surface area contributed by atoms with Crippen molar-refractivity contribution in [1.82, 2.24) is 30.1 Å². The first-order valence-corrected chi connectivity index (χ1v) is 9.25. The Bertz CT molecular complexity index is 1340. The fraction of sp³-hybridized carbons (Fsp3) is 0.0455. The van der Waals surface area contributed by atoms with Crippen molar-refractivity contribution < 1.29 is 0 Å². The summed E-state index contributed by atoms with van der Waals surface area (Å²) in [6.07, 6.45) is 6.44. The summed E-state index contributed by atoms with van der Waals surface area (Å²) in [5.41, 5.74) is 2.99. The molecule has 3 heterocycles. The molecule has 2 N–H and O–H groups in total. The van der Waals surface area contributed by atoms with Crippen LogP contribution >= 0.6 is 0 Å². The Hall–Kier alpha value is -4.71. The van der Waals surface area contributed by atoms with Crippen LogP contribution in [0.3, 0.4) is 0 Å². The summed E-state index contributed by atoms with van der Waals surface area (Å²) < 4.78 is 0. The van der Waals surface area contributed by atoms with E-state index in [1.54, 1.807) is 30.7 Å². The zero-order chi connectivity index (χ0) is 21.5. The number of nitrogens with one attached hydrogen (secondary N) is 2. The largest absolute Gasteiger partial charge is 0.347 e. The van der Waals surface area contributed by atoms with Gasteiger partial charge in [0.05, 0.1) is 18.3 Å². The highest BCUT2D eigenvalue weighted by atomic mass is 15.1. The van der Waals surface area contributed by atoms with E-state index >= 15 is 0 Å². The molecule has 9 nitrogen and oxygen atoms in total. The van der Waals surface area contributed by atoms with Crippen LogP contribution in [0.2, 0.25) is 0 Å². The number of fused-ring (bicyclic) bond motifs is 1. The summed E-state index contributed by atoms with van der Waals surface area (Å²) in [6.45, 7) is 7.33. The first-order chi connectivity index (χ1) is 15.2. The van der Waals surface area contributed by atoms with E-state index in [9.17, 15) is 0 Å². The molecule has 3 aromatic heterocycles. The summed E-state index contributed by atoms with van der Waals surface area (Å²) in [4.78, 5) is 25.3. The number of rotatable bonds is 5. The molecule has 0 atom stereocenters. The number of benzene rings is 1. The molecular formula is C22H17N9. The second kappa shape index (κ2) is 9.19. The van der Waals surface area contributed by atoms with Gasteiger partial charge in [-0.15, -0.1) is 0 Å². The van der Waals surface area contributed by atoms with Gasteiger partial charge in [-0.3, -0.25) is 5.10 Å². The SMILES string of the molecule is C=CN=C(CNc1nccc(-c2nccc(C#Cc3ccc4[nH]ncc4c3)n2)n1)N=C. The van der Waals surface area contributed by atoms with Crippen molar-refractivity contribution in [2.24, 2.45) is 9.98 Å². The Morgan fingerprint density at radius 1 is 1.13 bits per heavy atom. The van der Waals surface area contributed by atoms with Crippen molar-refractivity contribution in [3.05, 3.63) is 73.0 Å². The normalized spacial score (nSPS) is 10.9. The van der Waals surface area contributed by atoms with E-state index in [-0.39, 0.29) is 0 Å². The third-order valence-corrected chi connectivity index (χ3v) is 4.14. The molecule has 9 heteroatoms. The smallest absolute Gasteiger partial charge is 0.223 e. The van der Waals surface area contributed by atoms with Gasteiger partial charge < -0.3 is 5.32 Å². The number of aromatic nitrogens is 6. The molecule has 31 heavy (non-hydrogen) atoms. The van der Waals surface area contributed by atoms with Crippen LogP contribution in [0.5, 0.6) is 0 Å². The van der Waals surface area contributed by atoms with E-state index in [0.29, 0.717) is 35.5 Å². The number of nitrogens with zero attached hydrogens (tertiary/aromatic N) is 7. The molecular weight excluding hydrogens is 390 g/mol. The zero-order valence-electron chi connectivity index (χ0n) is 16.4. The zero-order valence-corrected chi connectivity index (χ0v) is 16.4. The number of hydrogen-bond acceptors (Lipinski definition) is 7. The number of hydrogen-bond donors (Lipinski definition) is 2. The Morgan fingerprint density at radius 2 is 2.03 bits per heavy atom. The van der Waals surface area contributed by atoms with Gasteiger partial charge in [0, 0.05) is 29.5 Å². The van der Waals surface area contributed by atoms with Crippen molar-refractivity contribution in [2.45, 2.75) is 0 Å². The van der Waals surface area contributed by atoms with E-state index in [4.69, 9.17) is 0 Å². The maximum absolute atomic E-state index is 4.51.